The maximum atomic E-state index is 13.6. The SMILES string of the molecule is O=C1N(Cc2ccc(F)c(F)c2)CCN1c1ccc(S(=O)(=O)Nc2ccc(CCNC[C@H](O)c3cccnc3)cc2)cc1. The Morgan fingerprint density at radius 1 is 0.930 bits per heavy atom. The number of benzene rings is 3. The molecule has 0 aliphatic carbocycles. The summed E-state index contributed by atoms with van der Waals surface area (Å²) in [7, 11) is -3.87. The number of carbonyl (C=O) groups is 1. The summed E-state index contributed by atoms with van der Waals surface area (Å²) in [5, 5.41) is 13.4. The van der Waals surface area contributed by atoms with E-state index in [0.29, 0.717) is 49.5 Å². The number of aliphatic hydroxyl groups is 1. The molecule has 0 bridgehead atoms. The summed E-state index contributed by atoms with van der Waals surface area (Å²) in [6, 6.07) is 19.9. The molecule has 2 heterocycles. The van der Waals surface area contributed by atoms with Gasteiger partial charge in [-0.15, -0.1) is 0 Å². The van der Waals surface area contributed by atoms with E-state index in [2.05, 4.69) is 15.0 Å². The zero-order valence-corrected chi connectivity index (χ0v) is 24.0. The topological polar surface area (TPSA) is 115 Å². The molecule has 0 radical (unpaired) electrons. The van der Waals surface area contributed by atoms with Gasteiger partial charge in [-0.05, 0) is 78.7 Å². The largest absolute Gasteiger partial charge is 0.387 e. The van der Waals surface area contributed by atoms with Crippen molar-refractivity contribution >= 4 is 27.4 Å². The molecule has 1 fully saturated rings. The van der Waals surface area contributed by atoms with E-state index in [1.165, 1.54) is 28.0 Å². The molecular weight excluding hydrogens is 576 g/mol. The minimum atomic E-state index is -3.87. The van der Waals surface area contributed by atoms with E-state index in [0.717, 1.165) is 23.3 Å². The molecule has 0 saturated carbocycles. The van der Waals surface area contributed by atoms with Gasteiger partial charge in [0, 0.05) is 55.5 Å². The molecule has 12 heteroatoms. The van der Waals surface area contributed by atoms with Crippen molar-refractivity contribution in [1.82, 2.24) is 15.2 Å². The predicted octanol–water partition coefficient (Wildman–Crippen LogP) is 4.47. The molecule has 224 valence electrons. The van der Waals surface area contributed by atoms with Crippen LogP contribution in [0.15, 0.2) is 96.2 Å². The van der Waals surface area contributed by atoms with E-state index in [9.17, 15) is 27.1 Å². The third kappa shape index (κ3) is 7.53. The molecule has 1 atom stereocenters. The van der Waals surface area contributed by atoms with Gasteiger partial charge in [0.15, 0.2) is 11.6 Å². The number of aromatic nitrogens is 1. The van der Waals surface area contributed by atoms with E-state index in [1.807, 2.05) is 18.2 Å². The lowest BCUT2D eigenvalue weighted by Crippen LogP contribution is -2.31. The van der Waals surface area contributed by atoms with Gasteiger partial charge in [-0.3, -0.25) is 14.6 Å². The Bertz CT molecular complexity index is 1660. The third-order valence-corrected chi connectivity index (χ3v) is 8.51. The third-order valence-electron chi connectivity index (χ3n) is 7.11. The summed E-state index contributed by atoms with van der Waals surface area (Å²) in [5.74, 6) is -1.91. The molecule has 0 spiro atoms. The lowest BCUT2D eigenvalue weighted by Gasteiger charge is -2.19. The summed E-state index contributed by atoms with van der Waals surface area (Å²) in [6.45, 7) is 1.92. The van der Waals surface area contributed by atoms with Gasteiger partial charge in [-0.2, -0.15) is 0 Å². The van der Waals surface area contributed by atoms with Crippen LogP contribution in [0, 0.1) is 11.6 Å². The van der Waals surface area contributed by atoms with Crippen molar-refractivity contribution < 1.29 is 27.1 Å². The van der Waals surface area contributed by atoms with Crippen molar-refractivity contribution in [3.05, 3.63) is 120 Å². The number of hydrogen-bond acceptors (Lipinski definition) is 6. The van der Waals surface area contributed by atoms with Gasteiger partial charge >= 0.3 is 6.03 Å². The number of hydrogen-bond donors (Lipinski definition) is 3. The maximum absolute atomic E-state index is 13.6. The molecular formula is C31H31F2N5O4S. The highest BCUT2D eigenvalue weighted by Gasteiger charge is 2.30. The zero-order chi connectivity index (χ0) is 30.4. The first-order valence-corrected chi connectivity index (χ1v) is 15.2. The minimum Gasteiger partial charge on any atom is -0.387 e. The number of halogens is 2. The van der Waals surface area contributed by atoms with Crippen molar-refractivity contribution in [1.29, 1.82) is 0 Å². The number of urea groups is 1. The summed E-state index contributed by atoms with van der Waals surface area (Å²) >= 11 is 0. The molecule has 9 nitrogen and oxygen atoms in total. The Morgan fingerprint density at radius 2 is 1.67 bits per heavy atom. The van der Waals surface area contributed by atoms with Crippen LogP contribution in [-0.4, -0.2) is 55.6 Å². The summed E-state index contributed by atoms with van der Waals surface area (Å²) in [4.78, 5) is 20.0. The fourth-order valence-electron chi connectivity index (χ4n) is 4.75. The number of anilines is 2. The summed E-state index contributed by atoms with van der Waals surface area (Å²) in [6.07, 6.45) is 3.33. The molecule has 1 aliphatic rings. The Morgan fingerprint density at radius 3 is 2.37 bits per heavy atom. The second kappa shape index (κ2) is 13.3. The van der Waals surface area contributed by atoms with Crippen LogP contribution in [0.25, 0.3) is 0 Å². The number of nitrogens with zero attached hydrogens (tertiary/aromatic N) is 3. The fraction of sp³-hybridized carbons (Fsp3) is 0.226. The molecule has 2 amide bonds. The molecule has 1 aromatic heterocycles. The highest BCUT2D eigenvalue weighted by Crippen LogP contribution is 2.25. The van der Waals surface area contributed by atoms with Crippen molar-refractivity contribution in [2.75, 3.05) is 35.8 Å². The molecule has 1 saturated heterocycles. The number of carbonyl (C=O) groups excluding carboxylic acids is 1. The second-order valence-corrected chi connectivity index (χ2v) is 11.8. The van der Waals surface area contributed by atoms with Crippen LogP contribution in [0.5, 0.6) is 0 Å². The molecule has 5 rings (SSSR count). The Balaban J connectivity index is 1.12. The molecule has 4 aromatic rings. The Hall–Kier alpha value is -4.39. The fourth-order valence-corrected chi connectivity index (χ4v) is 5.81. The first-order chi connectivity index (χ1) is 20.7. The average molecular weight is 608 g/mol. The van der Waals surface area contributed by atoms with Crippen LogP contribution < -0.4 is 14.9 Å². The minimum absolute atomic E-state index is 0.0435. The van der Waals surface area contributed by atoms with Crippen molar-refractivity contribution in [3.63, 3.8) is 0 Å². The summed E-state index contributed by atoms with van der Waals surface area (Å²) < 4.78 is 55.3. The zero-order valence-electron chi connectivity index (χ0n) is 23.2. The van der Waals surface area contributed by atoms with E-state index in [4.69, 9.17) is 0 Å². The molecule has 0 unspecified atom stereocenters. The van der Waals surface area contributed by atoms with Crippen LogP contribution in [-0.2, 0) is 23.0 Å². The van der Waals surface area contributed by atoms with Crippen molar-refractivity contribution in [3.8, 4) is 0 Å². The highest BCUT2D eigenvalue weighted by molar-refractivity contribution is 7.92. The Labute approximate surface area is 248 Å². The Kier molecular flexibility index (Phi) is 9.29. The second-order valence-electron chi connectivity index (χ2n) is 10.2. The lowest BCUT2D eigenvalue weighted by molar-refractivity contribution is 0.174. The standard InChI is InChI=1S/C31H31F2N5O4S/c32-28-12-5-23(18-29(28)33)21-37-16-17-38(31(37)40)26-8-10-27(11-9-26)43(41,42)36-25-6-3-22(4-7-25)13-15-35-20-30(39)24-2-1-14-34-19-24/h1-12,14,18-19,30,35-36,39H,13,15-17,20-21H2/t30-/m0/s1. The maximum Gasteiger partial charge on any atom is 0.324 e. The van der Waals surface area contributed by atoms with E-state index in [-0.39, 0.29) is 17.5 Å². The van der Waals surface area contributed by atoms with Crippen LogP contribution in [0.3, 0.4) is 0 Å². The first-order valence-electron chi connectivity index (χ1n) is 13.7. The van der Waals surface area contributed by atoms with Gasteiger partial charge < -0.3 is 15.3 Å². The predicted molar refractivity (Wildman–Crippen MR) is 159 cm³/mol. The van der Waals surface area contributed by atoms with Gasteiger partial charge in [0.2, 0.25) is 0 Å². The quantitative estimate of drug-likeness (QED) is 0.205. The molecule has 1 aliphatic heterocycles. The molecule has 3 aromatic carbocycles. The lowest BCUT2D eigenvalue weighted by atomic mass is 10.1. The average Bonchev–Trinajstić information content (AvgIpc) is 3.37. The van der Waals surface area contributed by atoms with Gasteiger partial charge in [-0.1, -0.05) is 24.3 Å². The molecule has 43 heavy (non-hydrogen) atoms. The van der Waals surface area contributed by atoms with E-state index in [1.54, 1.807) is 42.7 Å². The molecule has 3 N–H and O–H groups in total. The normalized spacial score (nSPS) is 14.3. The number of nitrogens with one attached hydrogen (secondary N) is 2. The first kappa shape index (κ1) is 30.1. The van der Waals surface area contributed by atoms with Crippen LogP contribution in [0.1, 0.15) is 22.8 Å². The number of sulfonamides is 1. The van der Waals surface area contributed by atoms with Gasteiger partial charge in [0.1, 0.15) is 0 Å². The van der Waals surface area contributed by atoms with E-state index >= 15 is 0 Å². The number of amides is 2. The van der Waals surface area contributed by atoms with E-state index < -0.39 is 27.8 Å². The highest BCUT2D eigenvalue weighted by atomic mass is 32.2. The number of aliphatic hydroxyl groups excluding tert-OH is 1. The van der Waals surface area contributed by atoms with Gasteiger partial charge in [-0.25, -0.2) is 22.0 Å². The number of rotatable bonds is 12. The van der Waals surface area contributed by atoms with Crippen molar-refractivity contribution in [2.24, 2.45) is 0 Å². The van der Waals surface area contributed by atoms with Gasteiger partial charge in [0.25, 0.3) is 10.0 Å². The summed E-state index contributed by atoms with van der Waals surface area (Å²) in [5.41, 5.74) is 3.17. The van der Waals surface area contributed by atoms with Crippen LogP contribution in [0.4, 0.5) is 25.0 Å². The monoisotopic (exact) mass is 607 g/mol. The smallest absolute Gasteiger partial charge is 0.324 e. The van der Waals surface area contributed by atoms with Crippen LogP contribution in [0.2, 0.25) is 0 Å². The van der Waals surface area contributed by atoms with Crippen molar-refractivity contribution in [2.45, 2.75) is 24.0 Å². The number of pyridine rings is 1. The van der Waals surface area contributed by atoms with Crippen LogP contribution >= 0.6 is 0 Å². The van der Waals surface area contributed by atoms with Gasteiger partial charge in [0.05, 0.1) is 11.0 Å².